The van der Waals surface area contributed by atoms with E-state index in [1.165, 1.54) is 35.6 Å². The molecule has 8 nitrogen and oxygen atoms in total. The lowest BCUT2D eigenvalue weighted by Crippen LogP contribution is -2.35. The predicted octanol–water partition coefficient (Wildman–Crippen LogP) is 5.06. The highest BCUT2D eigenvalue weighted by Gasteiger charge is 2.24. The molecule has 0 N–H and O–H groups in total. The van der Waals surface area contributed by atoms with E-state index in [9.17, 15) is 13.2 Å². The number of rotatable bonds is 10. The zero-order chi connectivity index (χ0) is 25.9. The second-order valence-electron chi connectivity index (χ2n) is 8.25. The molecule has 0 unspecified atom stereocenters. The van der Waals surface area contributed by atoms with Gasteiger partial charge < -0.3 is 4.74 Å². The molecule has 190 valence electrons. The zero-order valence-electron chi connectivity index (χ0n) is 20.3. The number of hydrogen-bond acceptors (Lipinski definition) is 7. The first kappa shape index (κ1) is 26.1. The second kappa shape index (κ2) is 11.0. The molecule has 2 heterocycles. The van der Waals surface area contributed by atoms with Gasteiger partial charge in [0.2, 0.25) is 5.91 Å². The van der Waals surface area contributed by atoms with Crippen LogP contribution in [0.4, 0.5) is 5.13 Å². The molecule has 0 radical (unpaired) electrons. The van der Waals surface area contributed by atoms with Crippen LogP contribution in [-0.4, -0.2) is 48.0 Å². The summed E-state index contributed by atoms with van der Waals surface area (Å²) in [5, 5.41) is 5.42. The Balaban J connectivity index is 1.60. The second-order valence-corrected chi connectivity index (χ2v) is 11.8. The van der Waals surface area contributed by atoms with E-state index in [4.69, 9.17) is 21.3 Å². The Bertz CT molecular complexity index is 1480. The normalized spacial score (nSPS) is 11.7. The van der Waals surface area contributed by atoms with Crippen molar-refractivity contribution in [3.63, 3.8) is 0 Å². The monoisotopic (exact) mass is 546 g/mol. The summed E-state index contributed by atoms with van der Waals surface area (Å²) in [5.74, 6) is -0.00117. The molecule has 0 saturated carbocycles. The number of carbonyl (C=O) groups is 1. The number of anilines is 1. The maximum atomic E-state index is 13.4. The van der Waals surface area contributed by atoms with Crippen LogP contribution in [0.15, 0.2) is 53.4 Å². The number of nitrogens with zero attached hydrogens (tertiary/aromatic N) is 4. The van der Waals surface area contributed by atoms with E-state index in [0.29, 0.717) is 41.1 Å². The van der Waals surface area contributed by atoms with Crippen molar-refractivity contribution in [3.05, 3.63) is 64.9 Å². The first-order chi connectivity index (χ1) is 17.2. The lowest BCUT2D eigenvalue weighted by molar-refractivity contribution is -0.118. The number of amides is 1. The Morgan fingerprint density at radius 2 is 1.92 bits per heavy atom. The first-order valence-electron chi connectivity index (χ1n) is 11.5. The molecule has 4 aromatic rings. The number of carbonyl (C=O) groups excluding carboxylic acids is 1. The van der Waals surface area contributed by atoms with Crippen molar-refractivity contribution in [2.75, 3.05) is 23.8 Å². The SMILES string of the molecule is CCOc1cccc2sc(N(CCn3nc(C)cc3C)C(=O)CCS(=O)(=O)c3ccc(Cl)cc3)nc12. The van der Waals surface area contributed by atoms with E-state index in [1.54, 1.807) is 4.90 Å². The van der Waals surface area contributed by atoms with Crippen LogP contribution >= 0.6 is 22.9 Å². The molecule has 11 heteroatoms. The van der Waals surface area contributed by atoms with Gasteiger partial charge in [-0.1, -0.05) is 29.0 Å². The lowest BCUT2D eigenvalue weighted by atomic mass is 10.3. The van der Waals surface area contributed by atoms with Gasteiger partial charge in [-0.3, -0.25) is 14.4 Å². The minimum Gasteiger partial charge on any atom is -0.492 e. The molecule has 0 bridgehead atoms. The van der Waals surface area contributed by atoms with Gasteiger partial charge in [0.15, 0.2) is 15.0 Å². The third-order valence-electron chi connectivity index (χ3n) is 5.60. The van der Waals surface area contributed by atoms with Gasteiger partial charge in [-0.2, -0.15) is 5.10 Å². The Morgan fingerprint density at radius 1 is 1.17 bits per heavy atom. The summed E-state index contributed by atoms with van der Waals surface area (Å²) in [4.78, 5) is 19.8. The largest absolute Gasteiger partial charge is 0.492 e. The number of aryl methyl sites for hydroxylation is 2. The average molecular weight is 547 g/mol. The van der Waals surface area contributed by atoms with Crippen molar-refractivity contribution >= 4 is 54.0 Å². The van der Waals surface area contributed by atoms with Crippen LogP contribution in [0.3, 0.4) is 0 Å². The van der Waals surface area contributed by atoms with Gasteiger partial charge in [-0.25, -0.2) is 13.4 Å². The average Bonchev–Trinajstić information content (AvgIpc) is 3.41. The minimum absolute atomic E-state index is 0.134. The highest BCUT2D eigenvalue weighted by Crippen LogP contribution is 2.34. The number of aromatic nitrogens is 3. The van der Waals surface area contributed by atoms with E-state index in [0.717, 1.165) is 16.1 Å². The summed E-state index contributed by atoms with van der Waals surface area (Å²) in [5.41, 5.74) is 2.55. The number of hydrogen-bond donors (Lipinski definition) is 0. The quantitative estimate of drug-likeness (QED) is 0.276. The van der Waals surface area contributed by atoms with Gasteiger partial charge >= 0.3 is 0 Å². The van der Waals surface area contributed by atoms with Gasteiger partial charge in [0.25, 0.3) is 0 Å². The van der Waals surface area contributed by atoms with Crippen LogP contribution in [-0.2, 0) is 21.2 Å². The van der Waals surface area contributed by atoms with E-state index >= 15 is 0 Å². The molecule has 2 aromatic heterocycles. The maximum absolute atomic E-state index is 13.4. The number of thiazole rings is 1. The number of ether oxygens (including phenoxy) is 1. The maximum Gasteiger partial charge on any atom is 0.229 e. The van der Waals surface area contributed by atoms with Gasteiger partial charge in [-0.05, 0) is 63.2 Å². The van der Waals surface area contributed by atoms with Crippen molar-refractivity contribution in [2.45, 2.75) is 38.6 Å². The number of halogens is 1. The zero-order valence-corrected chi connectivity index (χ0v) is 22.7. The topological polar surface area (TPSA) is 94.4 Å². The van der Waals surface area contributed by atoms with Crippen molar-refractivity contribution in [2.24, 2.45) is 0 Å². The standard InChI is InChI=1S/C25H27ClN4O4S2/c1-4-34-21-6-5-7-22-24(21)27-25(35-22)29(13-14-30-18(3)16-17(2)28-30)23(31)12-15-36(32,33)20-10-8-19(26)9-11-20/h5-11,16H,4,12-15H2,1-3H3. The number of fused-ring (bicyclic) bond motifs is 1. The Kier molecular flexibility index (Phi) is 7.97. The van der Waals surface area contributed by atoms with E-state index < -0.39 is 9.84 Å². The van der Waals surface area contributed by atoms with Gasteiger partial charge in [0.05, 0.1) is 34.2 Å². The van der Waals surface area contributed by atoms with E-state index in [-0.39, 0.29) is 23.0 Å². The molecule has 0 fully saturated rings. The van der Waals surface area contributed by atoms with Crippen LogP contribution < -0.4 is 9.64 Å². The first-order valence-corrected chi connectivity index (χ1v) is 14.3. The van der Waals surface area contributed by atoms with Crippen LogP contribution in [0, 0.1) is 13.8 Å². The van der Waals surface area contributed by atoms with E-state index in [1.807, 2.05) is 49.7 Å². The molecule has 0 atom stereocenters. The van der Waals surface area contributed by atoms with E-state index in [2.05, 4.69) is 5.10 Å². The lowest BCUT2D eigenvalue weighted by Gasteiger charge is -2.20. The Hall–Kier alpha value is -2.95. The summed E-state index contributed by atoms with van der Waals surface area (Å²) in [7, 11) is -3.66. The summed E-state index contributed by atoms with van der Waals surface area (Å²) < 4.78 is 34.1. The van der Waals surface area contributed by atoms with Crippen molar-refractivity contribution < 1.29 is 17.9 Å². The molecule has 36 heavy (non-hydrogen) atoms. The molecule has 0 saturated heterocycles. The fourth-order valence-electron chi connectivity index (χ4n) is 3.84. The summed E-state index contributed by atoms with van der Waals surface area (Å²) in [6.45, 7) is 7.01. The molecule has 0 aliphatic carbocycles. The Labute approximate surface area is 219 Å². The molecule has 0 aliphatic rings. The van der Waals surface area contributed by atoms with Crippen molar-refractivity contribution in [1.29, 1.82) is 0 Å². The molecule has 1 amide bonds. The molecule has 0 spiro atoms. The fraction of sp³-hybridized carbons (Fsp3) is 0.320. The minimum atomic E-state index is -3.66. The van der Waals surface area contributed by atoms with Crippen LogP contribution in [0.1, 0.15) is 24.7 Å². The predicted molar refractivity (Wildman–Crippen MR) is 143 cm³/mol. The molecule has 2 aromatic carbocycles. The molecule has 4 rings (SSSR count). The van der Waals surface area contributed by atoms with Crippen LogP contribution in [0.2, 0.25) is 5.02 Å². The highest BCUT2D eigenvalue weighted by molar-refractivity contribution is 7.91. The molecular weight excluding hydrogens is 520 g/mol. The number of para-hydroxylation sites is 1. The number of benzene rings is 2. The van der Waals surface area contributed by atoms with Gasteiger partial charge in [0, 0.05) is 23.7 Å². The Morgan fingerprint density at radius 3 is 2.58 bits per heavy atom. The third-order valence-corrected chi connectivity index (χ3v) is 8.63. The summed E-state index contributed by atoms with van der Waals surface area (Å²) in [6.07, 6.45) is -0.184. The third kappa shape index (κ3) is 5.88. The molecule has 0 aliphatic heterocycles. The van der Waals surface area contributed by atoms with Crippen molar-refractivity contribution in [3.8, 4) is 5.75 Å². The molecular formula is C25H27ClN4O4S2. The van der Waals surface area contributed by atoms with Crippen LogP contribution in [0.5, 0.6) is 5.75 Å². The van der Waals surface area contributed by atoms with Gasteiger partial charge in [-0.15, -0.1) is 0 Å². The summed E-state index contributed by atoms with van der Waals surface area (Å²) in [6, 6.07) is 13.6. The highest BCUT2D eigenvalue weighted by atomic mass is 35.5. The summed E-state index contributed by atoms with van der Waals surface area (Å²) >= 11 is 7.25. The smallest absolute Gasteiger partial charge is 0.229 e. The van der Waals surface area contributed by atoms with Crippen LogP contribution in [0.25, 0.3) is 10.2 Å². The van der Waals surface area contributed by atoms with Crippen molar-refractivity contribution in [1.82, 2.24) is 14.8 Å². The number of sulfone groups is 1. The van der Waals surface area contributed by atoms with Gasteiger partial charge in [0.1, 0.15) is 11.3 Å². The fourth-order valence-corrected chi connectivity index (χ4v) is 6.22.